The number of rotatable bonds is 6. The molecule has 9 heteroatoms. The van der Waals surface area contributed by atoms with Crippen molar-refractivity contribution in [3.8, 4) is 5.75 Å². The van der Waals surface area contributed by atoms with E-state index in [4.69, 9.17) is 21.4 Å². The molecule has 2 heterocycles. The molecule has 0 fully saturated rings. The number of hydrogen-bond acceptors (Lipinski definition) is 7. The minimum absolute atomic E-state index is 0.0502. The predicted molar refractivity (Wildman–Crippen MR) is 96.3 cm³/mol. The standard InChI is InChI=1S/C16H16N4O3S2/c1-10-4-3-5-12(6-10)22-9-14-19-20(16(24)23-14)8-13(21)18-15-17-7-11(2)25-15/h3-7H,8-9H2,1-2H3,(H,17,18,21). The molecule has 1 amide bonds. The van der Waals surface area contributed by atoms with Gasteiger partial charge in [0.15, 0.2) is 11.7 Å². The molecule has 0 atom stereocenters. The fraction of sp³-hybridized carbons (Fsp3) is 0.250. The number of anilines is 1. The molecular weight excluding hydrogens is 360 g/mol. The molecular formula is C16H16N4O3S2. The summed E-state index contributed by atoms with van der Waals surface area (Å²) in [4.78, 5) is 17.3. The molecule has 0 unspecified atom stereocenters. The minimum Gasteiger partial charge on any atom is -0.484 e. The van der Waals surface area contributed by atoms with Gasteiger partial charge in [-0.1, -0.05) is 12.1 Å². The zero-order valence-electron chi connectivity index (χ0n) is 13.7. The Labute approximate surface area is 153 Å². The fourth-order valence-electron chi connectivity index (χ4n) is 2.07. The van der Waals surface area contributed by atoms with Crippen molar-refractivity contribution in [3.63, 3.8) is 0 Å². The van der Waals surface area contributed by atoms with E-state index < -0.39 is 0 Å². The Morgan fingerprint density at radius 2 is 2.28 bits per heavy atom. The summed E-state index contributed by atoms with van der Waals surface area (Å²) in [5.41, 5.74) is 1.10. The van der Waals surface area contributed by atoms with Gasteiger partial charge in [0.25, 0.3) is 10.7 Å². The molecule has 0 aliphatic carbocycles. The van der Waals surface area contributed by atoms with Crippen LogP contribution in [0.4, 0.5) is 5.13 Å². The average molecular weight is 376 g/mol. The van der Waals surface area contributed by atoms with Crippen LogP contribution in [0.1, 0.15) is 16.3 Å². The summed E-state index contributed by atoms with van der Waals surface area (Å²) < 4.78 is 12.3. The largest absolute Gasteiger partial charge is 0.484 e. The molecule has 0 bridgehead atoms. The molecule has 1 N–H and O–H groups in total. The summed E-state index contributed by atoms with van der Waals surface area (Å²) in [6.07, 6.45) is 1.70. The zero-order valence-corrected chi connectivity index (χ0v) is 15.3. The second-order valence-electron chi connectivity index (χ2n) is 5.35. The number of thiazole rings is 1. The van der Waals surface area contributed by atoms with Crippen molar-refractivity contribution in [2.75, 3.05) is 5.32 Å². The van der Waals surface area contributed by atoms with Crippen molar-refractivity contribution in [2.24, 2.45) is 0 Å². The van der Waals surface area contributed by atoms with E-state index in [0.29, 0.717) is 16.8 Å². The summed E-state index contributed by atoms with van der Waals surface area (Å²) in [5, 5.41) is 7.42. The van der Waals surface area contributed by atoms with Gasteiger partial charge in [0.2, 0.25) is 5.91 Å². The first-order chi connectivity index (χ1) is 12.0. The van der Waals surface area contributed by atoms with E-state index in [9.17, 15) is 4.79 Å². The highest BCUT2D eigenvalue weighted by Gasteiger charge is 2.12. The summed E-state index contributed by atoms with van der Waals surface area (Å²) in [5.74, 6) is 0.752. The van der Waals surface area contributed by atoms with Gasteiger partial charge in [0.1, 0.15) is 12.3 Å². The summed E-state index contributed by atoms with van der Waals surface area (Å²) in [6.45, 7) is 3.98. The number of ether oxygens (including phenoxy) is 1. The molecule has 0 aliphatic heterocycles. The van der Waals surface area contributed by atoms with E-state index in [0.717, 1.165) is 10.4 Å². The van der Waals surface area contributed by atoms with Crippen molar-refractivity contribution < 1.29 is 13.9 Å². The number of carbonyl (C=O) groups excluding carboxylic acids is 1. The smallest absolute Gasteiger partial charge is 0.287 e. The number of carbonyl (C=O) groups is 1. The molecule has 0 saturated heterocycles. The van der Waals surface area contributed by atoms with Gasteiger partial charge in [0, 0.05) is 11.1 Å². The van der Waals surface area contributed by atoms with Crippen LogP contribution in [0.3, 0.4) is 0 Å². The first-order valence-corrected chi connectivity index (χ1v) is 8.70. The highest BCUT2D eigenvalue weighted by Crippen LogP contribution is 2.17. The number of amides is 1. The predicted octanol–water partition coefficient (Wildman–Crippen LogP) is 3.50. The Balaban J connectivity index is 1.60. The van der Waals surface area contributed by atoms with Gasteiger partial charge >= 0.3 is 0 Å². The van der Waals surface area contributed by atoms with Crippen LogP contribution in [0.5, 0.6) is 5.75 Å². The van der Waals surface area contributed by atoms with Gasteiger partial charge in [-0.3, -0.25) is 4.79 Å². The summed E-state index contributed by atoms with van der Waals surface area (Å²) >= 11 is 6.50. The monoisotopic (exact) mass is 376 g/mol. The molecule has 0 aliphatic rings. The number of nitrogens with one attached hydrogen (secondary N) is 1. The van der Waals surface area contributed by atoms with E-state index in [1.165, 1.54) is 16.0 Å². The highest BCUT2D eigenvalue weighted by molar-refractivity contribution is 7.71. The first-order valence-electron chi connectivity index (χ1n) is 7.48. The molecule has 0 radical (unpaired) electrons. The molecule has 7 nitrogen and oxygen atoms in total. The number of hydrogen-bond donors (Lipinski definition) is 1. The Morgan fingerprint density at radius 3 is 3.00 bits per heavy atom. The quantitative estimate of drug-likeness (QED) is 0.663. The molecule has 3 aromatic rings. The number of aryl methyl sites for hydroxylation is 2. The normalized spacial score (nSPS) is 10.6. The number of aromatic nitrogens is 3. The third-order valence-corrected chi connectivity index (χ3v) is 4.28. The van der Waals surface area contributed by atoms with Crippen LogP contribution in [0.2, 0.25) is 0 Å². The maximum Gasteiger partial charge on any atom is 0.287 e. The number of benzene rings is 1. The summed E-state index contributed by atoms with van der Waals surface area (Å²) in [7, 11) is 0. The topological polar surface area (TPSA) is 82.2 Å². The van der Waals surface area contributed by atoms with Crippen molar-refractivity contribution >= 4 is 34.6 Å². The second-order valence-corrected chi connectivity index (χ2v) is 6.93. The van der Waals surface area contributed by atoms with Crippen LogP contribution in [0.25, 0.3) is 0 Å². The van der Waals surface area contributed by atoms with Crippen LogP contribution in [0.15, 0.2) is 34.9 Å². The van der Waals surface area contributed by atoms with E-state index in [1.807, 2.05) is 38.1 Å². The molecule has 2 aromatic heterocycles. The highest BCUT2D eigenvalue weighted by atomic mass is 32.1. The van der Waals surface area contributed by atoms with E-state index in [-0.39, 0.29) is 23.9 Å². The van der Waals surface area contributed by atoms with Gasteiger partial charge < -0.3 is 14.5 Å². The maximum absolute atomic E-state index is 12.0. The van der Waals surface area contributed by atoms with E-state index in [2.05, 4.69) is 15.4 Å². The molecule has 1 aromatic carbocycles. The molecule has 0 saturated carbocycles. The van der Waals surface area contributed by atoms with E-state index in [1.54, 1.807) is 6.20 Å². The Bertz CT molecular complexity index is 945. The van der Waals surface area contributed by atoms with Crippen LogP contribution in [-0.2, 0) is 17.9 Å². The molecule has 3 rings (SSSR count). The fourth-order valence-corrected chi connectivity index (χ4v) is 2.95. The molecule has 0 spiro atoms. The van der Waals surface area contributed by atoms with Crippen LogP contribution < -0.4 is 10.1 Å². The zero-order chi connectivity index (χ0) is 17.8. The Hall–Kier alpha value is -2.52. The van der Waals surface area contributed by atoms with Gasteiger partial charge in [-0.15, -0.1) is 16.4 Å². The third kappa shape index (κ3) is 4.74. The third-order valence-electron chi connectivity index (χ3n) is 3.16. The Morgan fingerprint density at radius 1 is 1.44 bits per heavy atom. The Kier molecular flexibility index (Phi) is 5.25. The maximum atomic E-state index is 12.0. The number of nitrogens with zero attached hydrogens (tertiary/aromatic N) is 3. The lowest BCUT2D eigenvalue weighted by Gasteiger charge is -2.03. The molecule has 25 heavy (non-hydrogen) atoms. The van der Waals surface area contributed by atoms with Crippen molar-refractivity contribution in [1.29, 1.82) is 0 Å². The molecule has 130 valence electrons. The minimum atomic E-state index is -0.273. The van der Waals surface area contributed by atoms with Crippen LogP contribution >= 0.6 is 23.6 Å². The van der Waals surface area contributed by atoms with Gasteiger partial charge in [-0.05, 0) is 43.8 Å². The second kappa shape index (κ2) is 7.58. The SMILES string of the molecule is Cc1cccc(OCc2nn(CC(=O)Nc3ncc(C)s3)c(=S)o2)c1. The lowest BCUT2D eigenvalue weighted by atomic mass is 10.2. The van der Waals surface area contributed by atoms with Crippen LogP contribution in [-0.4, -0.2) is 20.7 Å². The lowest BCUT2D eigenvalue weighted by Crippen LogP contribution is -2.19. The van der Waals surface area contributed by atoms with Gasteiger partial charge in [-0.25, -0.2) is 9.67 Å². The van der Waals surface area contributed by atoms with Crippen molar-refractivity contribution in [2.45, 2.75) is 27.0 Å². The van der Waals surface area contributed by atoms with Gasteiger partial charge in [-0.2, -0.15) is 0 Å². The van der Waals surface area contributed by atoms with Crippen LogP contribution in [0, 0.1) is 18.7 Å². The lowest BCUT2D eigenvalue weighted by molar-refractivity contribution is -0.117. The first kappa shape index (κ1) is 17.3. The van der Waals surface area contributed by atoms with Crippen molar-refractivity contribution in [1.82, 2.24) is 14.8 Å². The van der Waals surface area contributed by atoms with Crippen molar-refractivity contribution in [3.05, 3.63) is 51.6 Å². The van der Waals surface area contributed by atoms with Gasteiger partial charge in [0.05, 0.1) is 0 Å². The summed E-state index contributed by atoms with van der Waals surface area (Å²) in [6, 6.07) is 7.65. The van der Waals surface area contributed by atoms with E-state index >= 15 is 0 Å². The average Bonchev–Trinajstić information content (AvgIpc) is 3.11.